The molecule has 5 heteroatoms. The van der Waals surface area contributed by atoms with Gasteiger partial charge in [-0.2, -0.15) is 0 Å². The Bertz CT molecular complexity index is 335. The van der Waals surface area contributed by atoms with E-state index in [4.69, 9.17) is 4.74 Å². The summed E-state index contributed by atoms with van der Waals surface area (Å²) in [7, 11) is 1.47. The maximum atomic E-state index is 11.9. The molecule has 0 atom stereocenters. The Morgan fingerprint density at radius 3 is 1.87 bits per heavy atom. The molecule has 0 aliphatic rings. The highest BCUT2D eigenvalue weighted by Gasteiger charge is 2.31. The molecular weight excluding hydrogens is 209 g/mol. The van der Waals surface area contributed by atoms with Crippen molar-refractivity contribution in [2.45, 2.75) is 20.2 Å². The third-order valence-electron chi connectivity index (χ3n) is 1.87. The first-order chi connectivity index (χ1) is 6.83. The van der Waals surface area contributed by atoms with E-state index in [0.29, 0.717) is 16.9 Å². The van der Waals surface area contributed by atoms with Crippen LogP contribution in [0.4, 0.5) is 13.2 Å². The molecule has 0 bridgehead atoms. The average molecular weight is 220 g/mol. The van der Waals surface area contributed by atoms with E-state index in [0.717, 1.165) is 0 Å². The van der Waals surface area contributed by atoms with Crippen molar-refractivity contribution in [2.75, 3.05) is 7.11 Å². The van der Waals surface area contributed by atoms with Crippen LogP contribution in [0.15, 0.2) is 12.1 Å². The van der Waals surface area contributed by atoms with Crippen LogP contribution in [0, 0.1) is 13.8 Å². The van der Waals surface area contributed by atoms with Crippen molar-refractivity contribution >= 4 is 0 Å². The van der Waals surface area contributed by atoms with Crippen molar-refractivity contribution in [3.8, 4) is 11.5 Å². The molecule has 0 heterocycles. The number of benzene rings is 1. The molecule has 1 aromatic carbocycles. The minimum atomic E-state index is -4.66. The van der Waals surface area contributed by atoms with Gasteiger partial charge in [0.05, 0.1) is 7.11 Å². The van der Waals surface area contributed by atoms with Gasteiger partial charge in [0.1, 0.15) is 11.5 Å². The lowest BCUT2D eigenvalue weighted by Gasteiger charge is -2.13. The largest absolute Gasteiger partial charge is 0.573 e. The van der Waals surface area contributed by atoms with E-state index in [9.17, 15) is 13.2 Å². The molecule has 0 amide bonds. The van der Waals surface area contributed by atoms with Crippen molar-refractivity contribution in [3.63, 3.8) is 0 Å². The van der Waals surface area contributed by atoms with Crippen molar-refractivity contribution in [2.24, 2.45) is 0 Å². The van der Waals surface area contributed by atoms with Crippen LogP contribution in [0.3, 0.4) is 0 Å². The molecule has 0 unspecified atom stereocenters. The summed E-state index contributed by atoms with van der Waals surface area (Å²) in [5.74, 6) is 0.350. The standard InChI is InChI=1S/C10H11F3O2/c1-6-4-8(15-10(11,12)13)5-7(2)9(6)14-3/h4-5H,1-3H3. The van der Waals surface area contributed by atoms with Crippen LogP contribution in [0.5, 0.6) is 11.5 Å². The molecule has 15 heavy (non-hydrogen) atoms. The van der Waals surface area contributed by atoms with E-state index in [2.05, 4.69) is 4.74 Å². The maximum absolute atomic E-state index is 11.9. The van der Waals surface area contributed by atoms with Gasteiger partial charge in [0, 0.05) is 0 Å². The summed E-state index contributed by atoms with van der Waals surface area (Å²) in [5.41, 5.74) is 1.22. The van der Waals surface area contributed by atoms with Gasteiger partial charge >= 0.3 is 6.36 Å². The van der Waals surface area contributed by atoms with Crippen LogP contribution in [0.2, 0.25) is 0 Å². The summed E-state index contributed by atoms with van der Waals surface area (Å²) < 4.78 is 44.6. The zero-order valence-electron chi connectivity index (χ0n) is 8.61. The van der Waals surface area contributed by atoms with Gasteiger partial charge in [-0.1, -0.05) is 0 Å². The molecule has 0 spiro atoms. The second kappa shape index (κ2) is 4.00. The molecule has 0 aliphatic heterocycles. The molecule has 0 fully saturated rings. The Balaban J connectivity index is 3.04. The normalized spacial score (nSPS) is 11.3. The summed E-state index contributed by atoms with van der Waals surface area (Å²) in [6, 6.07) is 2.58. The summed E-state index contributed by atoms with van der Waals surface area (Å²) in [6.45, 7) is 3.32. The number of hydrogen-bond acceptors (Lipinski definition) is 2. The molecule has 0 aromatic heterocycles. The van der Waals surface area contributed by atoms with Crippen molar-refractivity contribution < 1.29 is 22.6 Å². The molecule has 0 N–H and O–H groups in total. The van der Waals surface area contributed by atoms with E-state index < -0.39 is 6.36 Å². The topological polar surface area (TPSA) is 18.5 Å². The molecule has 2 nitrogen and oxygen atoms in total. The van der Waals surface area contributed by atoms with E-state index in [1.165, 1.54) is 19.2 Å². The quantitative estimate of drug-likeness (QED) is 0.761. The van der Waals surface area contributed by atoms with Crippen LogP contribution < -0.4 is 9.47 Å². The fraction of sp³-hybridized carbons (Fsp3) is 0.400. The summed E-state index contributed by atoms with van der Waals surface area (Å²) in [5, 5.41) is 0. The van der Waals surface area contributed by atoms with Gasteiger partial charge < -0.3 is 9.47 Å². The number of aryl methyl sites for hydroxylation is 2. The molecule has 0 radical (unpaired) electrons. The van der Waals surface area contributed by atoms with Crippen LogP contribution in [0.25, 0.3) is 0 Å². The van der Waals surface area contributed by atoms with E-state index in [1.54, 1.807) is 13.8 Å². The molecule has 0 saturated heterocycles. The lowest BCUT2D eigenvalue weighted by molar-refractivity contribution is -0.274. The van der Waals surface area contributed by atoms with Gasteiger partial charge in [-0.3, -0.25) is 0 Å². The fourth-order valence-corrected chi connectivity index (χ4v) is 1.43. The predicted octanol–water partition coefficient (Wildman–Crippen LogP) is 3.21. The van der Waals surface area contributed by atoms with Crippen LogP contribution in [0.1, 0.15) is 11.1 Å². The zero-order chi connectivity index (χ0) is 11.6. The van der Waals surface area contributed by atoms with Gasteiger partial charge in [-0.05, 0) is 37.1 Å². The molecular formula is C10H11F3O2. The predicted molar refractivity (Wildman–Crippen MR) is 49.2 cm³/mol. The average Bonchev–Trinajstić information content (AvgIpc) is 1.99. The number of rotatable bonds is 2. The molecule has 0 aliphatic carbocycles. The van der Waals surface area contributed by atoms with Crippen molar-refractivity contribution in [1.82, 2.24) is 0 Å². The second-order valence-electron chi connectivity index (χ2n) is 3.14. The Morgan fingerprint density at radius 2 is 1.53 bits per heavy atom. The zero-order valence-corrected chi connectivity index (χ0v) is 8.61. The smallest absolute Gasteiger partial charge is 0.496 e. The maximum Gasteiger partial charge on any atom is 0.573 e. The second-order valence-corrected chi connectivity index (χ2v) is 3.14. The Morgan fingerprint density at radius 1 is 1.07 bits per heavy atom. The van der Waals surface area contributed by atoms with Gasteiger partial charge in [0.25, 0.3) is 0 Å². The van der Waals surface area contributed by atoms with E-state index in [-0.39, 0.29) is 5.75 Å². The van der Waals surface area contributed by atoms with E-state index >= 15 is 0 Å². The number of halogens is 3. The number of hydrogen-bond donors (Lipinski definition) is 0. The lowest BCUT2D eigenvalue weighted by atomic mass is 10.1. The highest BCUT2D eigenvalue weighted by atomic mass is 19.4. The SMILES string of the molecule is COc1c(C)cc(OC(F)(F)F)cc1C. The minimum Gasteiger partial charge on any atom is -0.496 e. The highest BCUT2D eigenvalue weighted by Crippen LogP contribution is 2.30. The summed E-state index contributed by atoms with van der Waals surface area (Å²) >= 11 is 0. The molecule has 1 aromatic rings. The first-order valence-electron chi connectivity index (χ1n) is 4.24. The Kier molecular flexibility index (Phi) is 3.12. The van der Waals surface area contributed by atoms with Crippen molar-refractivity contribution in [3.05, 3.63) is 23.3 Å². The number of ether oxygens (including phenoxy) is 2. The molecule has 1 rings (SSSR count). The number of methoxy groups -OCH3 is 1. The lowest BCUT2D eigenvalue weighted by Crippen LogP contribution is -2.17. The van der Waals surface area contributed by atoms with Crippen molar-refractivity contribution in [1.29, 1.82) is 0 Å². The Hall–Kier alpha value is -1.39. The van der Waals surface area contributed by atoms with Gasteiger partial charge in [0.2, 0.25) is 0 Å². The van der Waals surface area contributed by atoms with E-state index in [1.807, 2.05) is 0 Å². The highest BCUT2D eigenvalue weighted by molar-refractivity contribution is 5.45. The third-order valence-corrected chi connectivity index (χ3v) is 1.87. The monoisotopic (exact) mass is 220 g/mol. The number of alkyl halides is 3. The van der Waals surface area contributed by atoms with Crippen LogP contribution in [-0.2, 0) is 0 Å². The molecule has 0 saturated carbocycles. The van der Waals surface area contributed by atoms with Crippen LogP contribution in [-0.4, -0.2) is 13.5 Å². The first-order valence-corrected chi connectivity index (χ1v) is 4.24. The third kappa shape index (κ3) is 3.04. The van der Waals surface area contributed by atoms with Gasteiger partial charge in [-0.15, -0.1) is 13.2 Å². The minimum absolute atomic E-state index is 0.224. The fourth-order valence-electron chi connectivity index (χ4n) is 1.43. The summed E-state index contributed by atoms with van der Waals surface area (Å²) in [4.78, 5) is 0. The van der Waals surface area contributed by atoms with Crippen LogP contribution >= 0.6 is 0 Å². The molecule has 84 valence electrons. The first kappa shape index (κ1) is 11.7. The van der Waals surface area contributed by atoms with Gasteiger partial charge in [0.15, 0.2) is 0 Å². The summed E-state index contributed by atoms with van der Waals surface area (Å²) in [6.07, 6.45) is -4.66. The van der Waals surface area contributed by atoms with Gasteiger partial charge in [-0.25, -0.2) is 0 Å². The Labute approximate surface area is 85.6 Å².